The standard InChI is InChI=1S/C16H25NOS2/c1-4-17(16-9-10-18-13(16)2)11-14-5-7-15(8-6-14)12-20-19-3/h5-8,13,16H,4,9-12H2,1-3H3. The van der Waals surface area contributed by atoms with Gasteiger partial charge in [-0.25, -0.2) is 0 Å². The number of likely N-dealkylation sites (N-methyl/N-ethyl adjacent to an activating group) is 1. The van der Waals surface area contributed by atoms with Crippen molar-refractivity contribution in [2.24, 2.45) is 0 Å². The predicted octanol–water partition coefficient (Wildman–Crippen LogP) is 4.20. The molecule has 1 aliphatic heterocycles. The van der Waals surface area contributed by atoms with Gasteiger partial charge in [0.15, 0.2) is 0 Å². The van der Waals surface area contributed by atoms with Crippen molar-refractivity contribution in [2.75, 3.05) is 19.4 Å². The van der Waals surface area contributed by atoms with E-state index in [0.717, 1.165) is 31.9 Å². The van der Waals surface area contributed by atoms with Crippen molar-refractivity contribution in [3.8, 4) is 0 Å². The Hall–Kier alpha value is -0.160. The monoisotopic (exact) mass is 311 g/mol. The summed E-state index contributed by atoms with van der Waals surface area (Å²) in [5.41, 5.74) is 2.82. The molecule has 1 aliphatic rings. The molecule has 0 radical (unpaired) electrons. The van der Waals surface area contributed by atoms with Crippen LogP contribution in [0.5, 0.6) is 0 Å². The van der Waals surface area contributed by atoms with Gasteiger partial charge in [-0.1, -0.05) is 52.8 Å². The number of hydrogen-bond donors (Lipinski definition) is 0. The second-order valence-corrected chi connectivity index (χ2v) is 7.81. The van der Waals surface area contributed by atoms with Crippen LogP contribution in [0.25, 0.3) is 0 Å². The van der Waals surface area contributed by atoms with Crippen LogP contribution >= 0.6 is 21.6 Å². The molecule has 2 rings (SSSR count). The maximum Gasteiger partial charge on any atom is 0.0703 e. The summed E-state index contributed by atoms with van der Waals surface area (Å²) in [5, 5.41) is 0. The summed E-state index contributed by atoms with van der Waals surface area (Å²) in [4.78, 5) is 2.54. The zero-order chi connectivity index (χ0) is 14.4. The Morgan fingerprint density at radius 2 is 1.95 bits per heavy atom. The number of rotatable bonds is 7. The van der Waals surface area contributed by atoms with E-state index in [0.29, 0.717) is 12.1 Å². The van der Waals surface area contributed by atoms with E-state index in [1.54, 1.807) is 0 Å². The molecule has 0 N–H and O–H groups in total. The fourth-order valence-electron chi connectivity index (χ4n) is 2.77. The van der Waals surface area contributed by atoms with Crippen LogP contribution in [0.3, 0.4) is 0 Å². The van der Waals surface area contributed by atoms with Crippen LogP contribution in [0.4, 0.5) is 0 Å². The van der Waals surface area contributed by atoms with E-state index < -0.39 is 0 Å². The van der Waals surface area contributed by atoms with E-state index in [1.165, 1.54) is 11.1 Å². The molecule has 0 aromatic heterocycles. The summed E-state index contributed by atoms with van der Waals surface area (Å²) in [6.45, 7) is 7.47. The first kappa shape index (κ1) is 16.2. The number of hydrogen-bond acceptors (Lipinski definition) is 4. The highest BCUT2D eigenvalue weighted by Gasteiger charge is 2.28. The summed E-state index contributed by atoms with van der Waals surface area (Å²) in [6.07, 6.45) is 3.66. The van der Waals surface area contributed by atoms with E-state index in [1.807, 2.05) is 21.6 Å². The Kier molecular flexibility index (Phi) is 6.75. The van der Waals surface area contributed by atoms with E-state index in [4.69, 9.17) is 4.74 Å². The predicted molar refractivity (Wildman–Crippen MR) is 91.2 cm³/mol. The second kappa shape index (κ2) is 8.32. The van der Waals surface area contributed by atoms with Gasteiger partial charge in [0.2, 0.25) is 0 Å². The highest BCUT2D eigenvalue weighted by molar-refractivity contribution is 8.76. The van der Waals surface area contributed by atoms with Gasteiger partial charge in [0.05, 0.1) is 6.10 Å². The molecule has 20 heavy (non-hydrogen) atoms. The fourth-order valence-corrected chi connectivity index (χ4v) is 3.97. The van der Waals surface area contributed by atoms with Gasteiger partial charge in [-0.05, 0) is 37.3 Å². The SMILES string of the molecule is CCN(Cc1ccc(CSSC)cc1)C1CCOC1C. The van der Waals surface area contributed by atoms with Crippen molar-refractivity contribution in [1.29, 1.82) is 0 Å². The van der Waals surface area contributed by atoms with E-state index in [2.05, 4.69) is 49.3 Å². The third-order valence-corrected chi connectivity index (χ3v) is 5.71. The normalized spacial score (nSPS) is 22.6. The molecule has 0 bridgehead atoms. The van der Waals surface area contributed by atoms with Crippen molar-refractivity contribution in [1.82, 2.24) is 4.90 Å². The lowest BCUT2D eigenvalue weighted by molar-refractivity contribution is 0.0730. The summed E-state index contributed by atoms with van der Waals surface area (Å²) in [5.74, 6) is 1.09. The van der Waals surface area contributed by atoms with Crippen LogP contribution in [0.2, 0.25) is 0 Å². The summed E-state index contributed by atoms with van der Waals surface area (Å²) in [7, 11) is 3.72. The van der Waals surface area contributed by atoms with Gasteiger partial charge < -0.3 is 4.74 Å². The van der Waals surface area contributed by atoms with Crippen LogP contribution < -0.4 is 0 Å². The molecule has 2 atom stereocenters. The van der Waals surface area contributed by atoms with Gasteiger partial charge in [0.1, 0.15) is 0 Å². The van der Waals surface area contributed by atoms with Gasteiger partial charge in [0.25, 0.3) is 0 Å². The minimum atomic E-state index is 0.368. The first-order valence-corrected chi connectivity index (χ1v) is 10.1. The van der Waals surface area contributed by atoms with Crippen molar-refractivity contribution >= 4 is 21.6 Å². The number of benzene rings is 1. The Morgan fingerprint density at radius 3 is 2.50 bits per heavy atom. The first-order valence-electron chi connectivity index (χ1n) is 7.33. The third-order valence-electron chi connectivity index (χ3n) is 3.96. The molecule has 0 spiro atoms. The Bertz CT molecular complexity index is 396. The van der Waals surface area contributed by atoms with E-state index in [-0.39, 0.29) is 0 Å². The maximum absolute atomic E-state index is 5.70. The number of nitrogens with zero attached hydrogens (tertiary/aromatic N) is 1. The molecule has 0 amide bonds. The van der Waals surface area contributed by atoms with Gasteiger partial charge in [-0.15, -0.1) is 0 Å². The smallest absolute Gasteiger partial charge is 0.0703 e. The Balaban J connectivity index is 1.93. The van der Waals surface area contributed by atoms with E-state index >= 15 is 0 Å². The lowest BCUT2D eigenvalue weighted by Gasteiger charge is -2.29. The van der Waals surface area contributed by atoms with Crippen molar-refractivity contribution in [3.05, 3.63) is 35.4 Å². The van der Waals surface area contributed by atoms with Crippen molar-refractivity contribution < 1.29 is 4.74 Å². The fraction of sp³-hybridized carbons (Fsp3) is 0.625. The second-order valence-electron chi connectivity index (χ2n) is 5.24. The molecule has 1 fully saturated rings. The van der Waals surface area contributed by atoms with Crippen molar-refractivity contribution in [3.63, 3.8) is 0 Å². The Morgan fingerprint density at radius 1 is 1.25 bits per heavy atom. The molecule has 0 saturated carbocycles. The molecule has 1 aromatic rings. The van der Waals surface area contributed by atoms with Crippen LogP contribution in [-0.2, 0) is 17.0 Å². The maximum atomic E-state index is 5.70. The molecular formula is C16H25NOS2. The lowest BCUT2D eigenvalue weighted by atomic mass is 10.1. The molecule has 4 heteroatoms. The molecular weight excluding hydrogens is 286 g/mol. The zero-order valence-electron chi connectivity index (χ0n) is 12.7. The molecule has 112 valence electrons. The molecule has 2 nitrogen and oxygen atoms in total. The van der Waals surface area contributed by atoms with Crippen LogP contribution in [-0.4, -0.2) is 36.5 Å². The highest BCUT2D eigenvalue weighted by atomic mass is 33.1. The summed E-state index contributed by atoms with van der Waals surface area (Å²) >= 11 is 0. The molecule has 1 saturated heterocycles. The minimum absolute atomic E-state index is 0.368. The van der Waals surface area contributed by atoms with Crippen LogP contribution in [0.1, 0.15) is 31.4 Å². The molecule has 2 unspecified atom stereocenters. The molecule has 0 aliphatic carbocycles. The Labute approximate surface area is 131 Å². The van der Waals surface area contributed by atoms with Gasteiger partial charge in [-0.2, -0.15) is 0 Å². The zero-order valence-corrected chi connectivity index (χ0v) is 14.3. The largest absolute Gasteiger partial charge is 0.377 e. The van der Waals surface area contributed by atoms with Gasteiger partial charge >= 0.3 is 0 Å². The lowest BCUT2D eigenvalue weighted by Crippen LogP contribution is -2.39. The average Bonchev–Trinajstić information content (AvgIpc) is 2.90. The first-order chi connectivity index (χ1) is 9.74. The van der Waals surface area contributed by atoms with E-state index in [9.17, 15) is 0 Å². The molecule has 1 heterocycles. The van der Waals surface area contributed by atoms with Crippen molar-refractivity contribution in [2.45, 2.75) is 44.7 Å². The topological polar surface area (TPSA) is 12.5 Å². The number of ether oxygens (including phenoxy) is 1. The summed E-state index contributed by atoms with van der Waals surface area (Å²) in [6, 6.07) is 9.66. The average molecular weight is 312 g/mol. The van der Waals surface area contributed by atoms with Crippen LogP contribution in [0, 0.1) is 0 Å². The quantitative estimate of drug-likeness (QED) is 0.699. The van der Waals surface area contributed by atoms with Gasteiger partial charge in [0, 0.05) is 24.9 Å². The minimum Gasteiger partial charge on any atom is -0.377 e. The van der Waals surface area contributed by atoms with Crippen LogP contribution in [0.15, 0.2) is 24.3 Å². The third kappa shape index (κ3) is 4.42. The molecule has 1 aromatic carbocycles. The van der Waals surface area contributed by atoms with Gasteiger partial charge in [-0.3, -0.25) is 4.90 Å². The summed E-state index contributed by atoms with van der Waals surface area (Å²) < 4.78 is 5.70. The highest BCUT2D eigenvalue weighted by Crippen LogP contribution is 2.24.